The summed E-state index contributed by atoms with van der Waals surface area (Å²) in [6.45, 7) is 8.75. The van der Waals surface area contributed by atoms with E-state index in [4.69, 9.17) is 15.3 Å². The Balaban J connectivity index is 0.00000363. The van der Waals surface area contributed by atoms with E-state index in [1.54, 1.807) is 17.0 Å². The molecule has 0 saturated heterocycles. The Morgan fingerprint density at radius 2 is 1.94 bits per heavy atom. The van der Waals surface area contributed by atoms with Gasteiger partial charge in [-0.1, -0.05) is 33.8 Å². The molecule has 0 spiro atoms. The molecule has 8 heteroatoms. The summed E-state index contributed by atoms with van der Waals surface area (Å²) in [7, 11) is 0. The predicted molar refractivity (Wildman–Crippen MR) is 128 cm³/mol. The second kappa shape index (κ2) is 10.3. The summed E-state index contributed by atoms with van der Waals surface area (Å²) in [6, 6.07) is 9.21. The van der Waals surface area contributed by atoms with Gasteiger partial charge in [0.05, 0.1) is 19.6 Å². The largest absolute Gasteiger partial charge is 0.493 e. The maximum Gasteiger partial charge on any atom is 0.306 e. The smallest absolute Gasteiger partial charge is 0.306 e. The third-order valence-corrected chi connectivity index (χ3v) is 5.32. The molecule has 1 aromatic carbocycles. The van der Waals surface area contributed by atoms with E-state index in [1.807, 2.05) is 45.9 Å². The number of nitrogens with one attached hydrogen (secondary N) is 1. The number of Topliss-reactive ketones (excluding diaryl/α,β-unsaturated/α-hetero) is 1. The normalized spacial score (nSPS) is 12.9. The van der Waals surface area contributed by atoms with Gasteiger partial charge in [-0.3, -0.25) is 15.0 Å². The van der Waals surface area contributed by atoms with Gasteiger partial charge < -0.3 is 14.7 Å². The van der Waals surface area contributed by atoms with Crippen LogP contribution in [0.4, 0.5) is 0 Å². The van der Waals surface area contributed by atoms with Crippen LogP contribution in [0.1, 0.15) is 67.0 Å². The number of carbonyl (C=O) groups is 2. The quantitative estimate of drug-likeness (QED) is 0.517. The molecular formula is C24H30BrN3O4. The summed E-state index contributed by atoms with van der Waals surface area (Å²) in [5, 5.41) is 17.3. The second-order valence-corrected chi connectivity index (χ2v) is 8.74. The minimum Gasteiger partial charge on any atom is -0.493 e. The Morgan fingerprint density at radius 3 is 2.56 bits per heavy atom. The van der Waals surface area contributed by atoms with Gasteiger partial charge in [0.25, 0.3) is 0 Å². The van der Waals surface area contributed by atoms with Crippen LogP contribution in [0.15, 0.2) is 30.3 Å². The van der Waals surface area contributed by atoms with Crippen molar-refractivity contribution in [2.75, 3.05) is 13.2 Å². The first kappa shape index (κ1) is 25.5. The molecule has 7 nitrogen and oxygen atoms in total. The minimum atomic E-state index is -0.918. The van der Waals surface area contributed by atoms with Crippen molar-refractivity contribution in [2.45, 2.75) is 52.5 Å². The molecule has 2 N–H and O–H groups in total. The van der Waals surface area contributed by atoms with Crippen molar-refractivity contribution in [3.8, 4) is 5.75 Å². The topological polar surface area (TPSA) is 104 Å². The number of benzene rings is 1. The summed E-state index contributed by atoms with van der Waals surface area (Å²) >= 11 is 0. The predicted octanol–water partition coefficient (Wildman–Crippen LogP) is 4.40. The SMILES string of the molecule is Br.CCc1ccc2c(n1)C(=N)N(CC(=O)c1ccc(OCCC(=O)O)c(C(C)(C)C)c1)C2. The van der Waals surface area contributed by atoms with Crippen LogP contribution in [0.25, 0.3) is 0 Å². The van der Waals surface area contributed by atoms with Gasteiger partial charge >= 0.3 is 5.97 Å². The zero-order valence-electron chi connectivity index (χ0n) is 18.9. The van der Waals surface area contributed by atoms with Gasteiger partial charge in [0.15, 0.2) is 5.78 Å². The van der Waals surface area contributed by atoms with Crippen molar-refractivity contribution in [1.29, 1.82) is 5.41 Å². The van der Waals surface area contributed by atoms with Gasteiger partial charge in [0.2, 0.25) is 0 Å². The van der Waals surface area contributed by atoms with E-state index in [0.717, 1.165) is 23.2 Å². The molecule has 1 aliphatic heterocycles. The molecule has 1 aliphatic rings. The van der Waals surface area contributed by atoms with Gasteiger partial charge in [0, 0.05) is 28.9 Å². The number of hydrogen-bond donors (Lipinski definition) is 2. The standard InChI is InChI=1S/C24H29N3O4.BrH/c1-5-17-8-6-16-13-27(23(25)22(16)26-17)14-19(28)15-7-9-20(31-11-10-21(29)30)18(12-15)24(2,3)4;/h6-9,12,25H,5,10-11,13-14H2,1-4H3,(H,29,30);1H. The van der Waals surface area contributed by atoms with Crippen molar-refractivity contribution in [3.05, 3.63) is 58.4 Å². The van der Waals surface area contributed by atoms with E-state index in [0.29, 0.717) is 23.6 Å². The van der Waals surface area contributed by atoms with E-state index < -0.39 is 5.97 Å². The molecule has 0 radical (unpaired) electrons. The summed E-state index contributed by atoms with van der Waals surface area (Å²) in [6.07, 6.45) is 0.714. The zero-order valence-corrected chi connectivity index (χ0v) is 20.6. The Bertz CT molecular complexity index is 1030. The van der Waals surface area contributed by atoms with Crippen LogP contribution in [-0.4, -0.2) is 45.7 Å². The number of ether oxygens (including phenoxy) is 1. The van der Waals surface area contributed by atoms with Crippen molar-refractivity contribution >= 4 is 34.6 Å². The van der Waals surface area contributed by atoms with Gasteiger partial charge in [-0.05, 0) is 36.1 Å². The van der Waals surface area contributed by atoms with Crippen LogP contribution in [0, 0.1) is 5.41 Å². The number of amidine groups is 1. The molecule has 0 unspecified atom stereocenters. The Hall–Kier alpha value is -2.74. The number of carboxylic acids is 1. The second-order valence-electron chi connectivity index (χ2n) is 8.74. The molecule has 172 valence electrons. The molecule has 2 heterocycles. The lowest BCUT2D eigenvalue weighted by atomic mass is 9.85. The van der Waals surface area contributed by atoms with Crippen molar-refractivity contribution in [2.24, 2.45) is 0 Å². The summed E-state index contributed by atoms with van der Waals surface area (Å²) in [4.78, 5) is 30.1. The van der Waals surface area contributed by atoms with Crippen LogP contribution in [0.2, 0.25) is 0 Å². The Kier molecular flexibility index (Phi) is 8.18. The highest BCUT2D eigenvalue weighted by Gasteiger charge is 2.28. The Morgan fingerprint density at radius 1 is 1.22 bits per heavy atom. The van der Waals surface area contributed by atoms with Gasteiger partial charge in [-0.2, -0.15) is 0 Å². The number of carboxylic acid groups (broad SMARTS) is 1. The van der Waals surface area contributed by atoms with E-state index in [9.17, 15) is 9.59 Å². The van der Waals surface area contributed by atoms with Crippen LogP contribution in [-0.2, 0) is 23.2 Å². The number of aryl methyl sites for hydroxylation is 1. The van der Waals surface area contributed by atoms with E-state index in [-0.39, 0.29) is 53.6 Å². The number of hydrogen-bond acceptors (Lipinski definition) is 5. The number of fused-ring (bicyclic) bond motifs is 1. The lowest BCUT2D eigenvalue weighted by Crippen LogP contribution is -2.30. The number of halogens is 1. The number of nitrogens with zero attached hydrogens (tertiary/aromatic N) is 2. The highest BCUT2D eigenvalue weighted by Crippen LogP contribution is 2.33. The molecule has 0 amide bonds. The number of ketones is 1. The highest BCUT2D eigenvalue weighted by atomic mass is 79.9. The van der Waals surface area contributed by atoms with Crippen molar-refractivity contribution in [1.82, 2.24) is 9.88 Å². The molecule has 0 saturated carbocycles. The van der Waals surface area contributed by atoms with E-state index in [1.165, 1.54) is 0 Å². The molecular weight excluding hydrogens is 474 g/mol. The fraction of sp³-hybridized carbons (Fsp3) is 0.417. The lowest BCUT2D eigenvalue weighted by molar-refractivity contribution is -0.137. The van der Waals surface area contributed by atoms with Gasteiger partial charge in [0.1, 0.15) is 17.3 Å². The number of carbonyl (C=O) groups excluding carboxylic acids is 1. The minimum absolute atomic E-state index is 0. The average molecular weight is 504 g/mol. The first-order chi connectivity index (χ1) is 14.6. The summed E-state index contributed by atoms with van der Waals surface area (Å²) < 4.78 is 5.68. The van der Waals surface area contributed by atoms with E-state index in [2.05, 4.69) is 4.98 Å². The van der Waals surface area contributed by atoms with Crippen LogP contribution in [0.5, 0.6) is 5.75 Å². The molecule has 0 aliphatic carbocycles. The monoisotopic (exact) mass is 503 g/mol. The number of aromatic nitrogens is 1. The molecule has 2 aromatic rings. The highest BCUT2D eigenvalue weighted by molar-refractivity contribution is 8.93. The fourth-order valence-electron chi connectivity index (χ4n) is 3.56. The van der Waals surface area contributed by atoms with Crippen molar-refractivity contribution < 1.29 is 19.4 Å². The van der Waals surface area contributed by atoms with Crippen LogP contribution in [0.3, 0.4) is 0 Å². The first-order valence-electron chi connectivity index (χ1n) is 10.4. The third kappa shape index (κ3) is 5.73. The van der Waals surface area contributed by atoms with Crippen LogP contribution >= 0.6 is 17.0 Å². The molecule has 0 atom stereocenters. The van der Waals surface area contributed by atoms with E-state index >= 15 is 0 Å². The molecule has 0 fully saturated rings. The van der Waals surface area contributed by atoms with Gasteiger partial charge in [-0.15, -0.1) is 17.0 Å². The molecule has 32 heavy (non-hydrogen) atoms. The summed E-state index contributed by atoms with van der Waals surface area (Å²) in [5.74, 6) is -0.138. The fourth-order valence-corrected chi connectivity index (χ4v) is 3.56. The molecule has 0 bridgehead atoms. The first-order valence-corrected chi connectivity index (χ1v) is 10.4. The Labute approximate surface area is 199 Å². The lowest BCUT2D eigenvalue weighted by Gasteiger charge is -2.24. The van der Waals surface area contributed by atoms with Crippen molar-refractivity contribution in [3.63, 3.8) is 0 Å². The average Bonchev–Trinajstić information content (AvgIpc) is 3.01. The third-order valence-electron chi connectivity index (χ3n) is 5.32. The maximum absolute atomic E-state index is 13.0. The van der Waals surface area contributed by atoms with Crippen LogP contribution < -0.4 is 4.74 Å². The summed E-state index contributed by atoms with van der Waals surface area (Å²) in [5.41, 5.74) is 3.66. The number of pyridine rings is 1. The molecule has 3 rings (SSSR count). The number of aliphatic carboxylic acids is 1. The maximum atomic E-state index is 13.0. The number of rotatable bonds is 8. The molecule has 1 aromatic heterocycles. The zero-order chi connectivity index (χ0) is 22.8. The van der Waals surface area contributed by atoms with Gasteiger partial charge in [-0.25, -0.2) is 4.98 Å².